The van der Waals surface area contributed by atoms with E-state index in [9.17, 15) is 14.7 Å². The summed E-state index contributed by atoms with van der Waals surface area (Å²) in [6.07, 6.45) is 3.89. The van der Waals surface area contributed by atoms with Crippen molar-refractivity contribution in [1.82, 2.24) is 0 Å². The number of carbonyl (C=O) groups excluding carboxylic acids is 1. The van der Waals surface area contributed by atoms with Gasteiger partial charge in [-0.15, -0.1) is 0 Å². The van der Waals surface area contributed by atoms with Crippen LogP contribution in [0.3, 0.4) is 0 Å². The van der Waals surface area contributed by atoms with Gasteiger partial charge in [-0.3, -0.25) is 4.79 Å². The SMILES string of the molecule is C[C@@H]1CC[C@]23[C@H]1CC[C@@]2(C)C(=O)[C@@]1(C(=O)O)O[C@]13C. The Morgan fingerprint density at radius 2 is 2.00 bits per heavy atom. The number of ether oxygens (including phenoxy) is 1. The molecule has 6 atom stereocenters. The van der Waals surface area contributed by atoms with E-state index in [2.05, 4.69) is 6.92 Å². The molecule has 1 heterocycles. The second kappa shape index (κ2) is 2.76. The van der Waals surface area contributed by atoms with Crippen molar-refractivity contribution in [2.75, 3.05) is 0 Å². The Hall–Kier alpha value is -0.900. The fourth-order valence-electron chi connectivity index (χ4n) is 6.33. The second-order valence-corrected chi connectivity index (χ2v) is 7.42. The summed E-state index contributed by atoms with van der Waals surface area (Å²) in [5.41, 5.74) is -3.04. The van der Waals surface area contributed by atoms with E-state index in [1.54, 1.807) is 0 Å². The third kappa shape index (κ3) is 0.793. The molecule has 4 heteroatoms. The average Bonchev–Trinajstić information content (AvgIpc) is 2.63. The number of carbonyl (C=O) groups is 2. The molecule has 4 aliphatic rings. The largest absolute Gasteiger partial charge is 0.479 e. The Morgan fingerprint density at radius 3 is 2.63 bits per heavy atom. The topological polar surface area (TPSA) is 66.9 Å². The summed E-state index contributed by atoms with van der Waals surface area (Å²) in [5.74, 6) is -0.231. The normalized spacial score (nSPS) is 61.7. The predicted molar refractivity (Wildman–Crippen MR) is 66.5 cm³/mol. The van der Waals surface area contributed by atoms with Crippen LogP contribution in [-0.4, -0.2) is 28.1 Å². The van der Waals surface area contributed by atoms with E-state index >= 15 is 0 Å². The van der Waals surface area contributed by atoms with Crippen LogP contribution in [0.1, 0.15) is 46.5 Å². The van der Waals surface area contributed by atoms with Crippen LogP contribution in [0.2, 0.25) is 0 Å². The maximum absolute atomic E-state index is 12.9. The molecule has 1 aliphatic heterocycles. The molecule has 1 N–H and O–H groups in total. The molecule has 1 spiro atoms. The number of fused-ring (bicyclic) bond motifs is 1. The molecular weight excluding hydrogens is 244 g/mol. The second-order valence-electron chi connectivity index (χ2n) is 7.42. The van der Waals surface area contributed by atoms with Gasteiger partial charge in [-0.1, -0.05) is 13.8 Å². The van der Waals surface area contributed by atoms with E-state index in [0.29, 0.717) is 11.8 Å². The van der Waals surface area contributed by atoms with Gasteiger partial charge < -0.3 is 9.84 Å². The molecule has 0 bridgehead atoms. The number of hydrogen-bond acceptors (Lipinski definition) is 3. The quantitative estimate of drug-likeness (QED) is 0.581. The monoisotopic (exact) mass is 264 g/mol. The molecule has 4 fully saturated rings. The van der Waals surface area contributed by atoms with Crippen LogP contribution in [0.25, 0.3) is 0 Å². The molecular formula is C15H20O4. The van der Waals surface area contributed by atoms with Crippen molar-refractivity contribution >= 4 is 11.8 Å². The molecule has 0 aromatic carbocycles. The zero-order valence-corrected chi connectivity index (χ0v) is 11.7. The van der Waals surface area contributed by atoms with Crippen molar-refractivity contribution in [3.63, 3.8) is 0 Å². The molecule has 0 radical (unpaired) electrons. The Balaban J connectivity index is 1.97. The average molecular weight is 264 g/mol. The minimum absolute atomic E-state index is 0.161. The van der Waals surface area contributed by atoms with Crippen LogP contribution >= 0.6 is 0 Å². The van der Waals surface area contributed by atoms with Crippen LogP contribution in [0, 0.1) is 22.7 Å². The Morgan fingerprint density at radius 1 is 1.32 bits per heavy atom. The zero-order valence-electron chi connectivity index (χ0n) is 11.7. The van der Waals surface area contributed by atoms with Crippen LogP contribution in [-0.2, 0) is 14.3 Å². The summed E-state index contributed by atoms with van der Waals surface area (Å²) < 4.78 is 5.68. The highest BCUT2D eigenvalue weighted by Crippen LogP contribution is 2.83. The lowest BCUT2D eigenvalue weighted by molar-refractivity contribution is -0.153. The number of rotatable bonds is 1. The Bertz CT molecular complexity index is 528. The van der Waals surface area contributed by atoms with Crippen molar-refractivity contribution in [3.05, 3.63) is 0 Å². The van der Waals surface area contributed by atoms with Gasteiger partial charge in [-0.05, 0) is 44.4 Å². The molecule has 104 valence electrons. The maximum Gasteiger partial charge on any atom is 0.347 e. The van der Waals surface area contributed by atoms with Gasteiger partial charge in [-0.2, -0.15) is 0 Å². The molecule has 19 heavy (non-hydrogen) atoms. The first-order chi connectivity index (χ1) is 8.78. The smallest absolute Gasteiger partial charge is 0.347 e. The van der Waals surface area contributed by atoms with Crippen molar-refractivity contribution in [3.8, 4) is 0 Å². The van der Waals surface area contributed by atoms with E-state index in [1.807, 2.05) is 13.8 Å². The van der Waals surface area contributed by atoms with Gasteiger partial charge in [0, 0.05) is 10.8 Å². The first kappa shape index (κ1) is 11.9. The van der Waals surface area contributed by atoms with E-state index < -0.39 is 22.6 Å². The Kier molecular flexibility index (Phi) is 1.72. The number of hydrogen-bond donors (Lipinski definition) is 1. The molecule has 0 amide bonds. The van der Waals surface area contributed by atoms with Crippen molar-refractivity contribution in [2.24, 2.45) is 22.7 Å². The minimum atomic E-state index is -1.54. The highest BCUT2D eigenvalue weighted by Gasteiger charge is 2.96. The number of carboxylic acid groups (broad SMARTS) is 1. The summed E-state index contributed by atoms with van der Waals surface area (Å²) in [5, 5.41) is 9.56. The fraction of sp³-hybridized carbons (Fsp3) is 0.867. The van der Waals surface area contributed by atoms with Crippen molar-refractivity contribution in [1.29, 1.82) is 0 Å². The van der Waals surface area contributed by atoms with Crippen LogP contribution in [0.5, 0.6) is 0 Å². The third-order valence-electron chi connectivity index (χ3n) is 7.21. The fourth-order valence-corrected chi connectivity index (χ4v) is 6.33. The molecule has 0 unspecified atom stereocenters. The summed E-state index contributed by atoms with van der Waals surface area (Å²) >= 11 is 0. The molecule has 4 nitrogen and oxygen atoms in total. The summed E-state index contributed by atoms with van der Waals surface area (Å²) in [6.45, 7) is 6.11. The highest BCUT2D eigenvalue weighted by molar-refractivity contribution is 6.17. The van der Waals surface area contributed by atoms with Crippen LogP contribution in [0.4, 0.5) is 0 Å². The predicted octanol–water partition coefficient (Wildman–Crippen LogP) is 2.01. The zero-order chi connectivity index (χ0) is 13.8. The van der Waals surface area contributed by atoms with E-state index in [0.717, 1.165) is 25.7 Å². The molecule has 0 aromatic heterocycles. The highest BCUT2D eigenvalue weighted by atomic mass is 16.7. The number of ketones is 1. The van der Waals surface area contributed by atoms with E-state index in [-0.39, 0.29) is 11.2 Å². The molecule has 3 aliphatic carbocycles. The van der Waals surface area contributed by atoms with Gasteiger partial charge in [0.25, 0.3) is 5.60 Å². The summed E-state index contributed by atoms with van der Waals surface area (Å²) in [4.78, 5) is 24.5. The lowest BCUT2D eigenvalue weighted by Crippen LogP contribution is -2.46. The first-order valence-corrected chi connectivity index (χ1v) is 7.26. The van der Waals surface area contributed by atoms with E-state index in [4.69, 9.17) is 4.74 Å². The van der Waals surface area contributed by atoms with Crippen molar-refractivity contribution in [2.45, 2.75) is 57.7 Å². The molecule has 0 aromatic rings. The van der Waals surface area contributed by atoms with Gasteiger partial charge >= 0.3 is 5.97 Å². The first-order valence-electron chi connectivity index (χ1n) is 7.26. The number of epoxide rings is 1. The van der Waals surface area contributed by atoms with Gasteiger partial charge in [-0.25, -0.2) is 4.79 Å². The summed E-state index contributed by atoms with van der Waals surface area (Å²) in [6, 6.07) is 0. The van der Waals surface area contributed by atoms with Gasteiger partial charge in [0.05, 0.1) is 0 Å². The lowest BCUT2D eigenvalue weighted by Gasteiger charge is -2.42. The minimum Gasteiger partial charge on any atom is -0.479 e. The summed E-state index contributed by atoms with van der Waals surface area (Å²) in [7, 11) is 0. The van der Waals surface area contributed by atoms with Crippen molar-refractivity contribution < 1.29 is 19.4 Å². The van der Waals surface area contributed by atoms with Crippen LogP contribution < -0.4 is 0 Å². The van der Waals surface area contributed by atoms with E-state index in [1.165, 1.54) is 0 Å². The standard InChI is InChI=1S/C15H20O4/c1-8-4-7-14-9(8)5-6-12(14,2)10(16)15(11(17)18)13(14,3)19-15/h8-9H,4-7H2,1-3H3,(H,17,18)/t8-,9+,12+,13+,14+,15+/m1/s1. The number of carboxylic acids is 1. The Labute approximate surface area is 112 Å². The van der Waals surface area contributed by atoms with Crippen LogP contribution in [0.15, 0.2) is 0 Å². The molecule has 4 rings (SSSR count). The van der Waals surface area contributed by atoms with Gasteiger partial charge in [0.2, 0.25) is 0 Å². The maximum atomic E-state index is 12.9. The lowest BCUT2D eigenvalue weighted by atomic mass is 9.61. The molecule has 3 saturated carbocycles. The number of aliphatic carboxylic acids is 1. The van der Waals surface area contributed by atoms with Gasteiger partial charge in [0.1, 0.15) is 5.60 Å². The third-order valence-corrected chi connectivity index (χ3v) is 7.21. The number of Topliss-reactive ketones (excluding diaryl/α,β-unsaturated/α-hetero) is 1. The molecule has 1 saturated heterocycles. The van der Waals surface area contributed by atoms with Gasteiger partial charge in [0.15, 0.2) is 5.78 Å².